The number of guanidine groups is 2. The normalized spacial score (nSPS) is 10.2. The lowest BCUT2D eigenvalue weighted by Gasteiger charge is -1.93. The van der Waals surface area contributed by atoms with Gasteiger partial charge in [-0.1, -0.05) is 13.3 Å². The van der Waals surface area contributed by atoms with Crippen LogP contribution in [0.15, 0.2) is 9.98 Å². The second-order valence-electron chi connectivity index (χ2n) is 2.13. The summed E-state index contributed by atoms with van der Waals surface area (Å²) in [5.41, 5.74) is 15.4. The highest BCUT2D eigenvalue weighted by Crippen LogP contribution is 1.86. The fourth-order valence-electron chi connectivity index (χ4n) is 0.519. The maximum Gasteiger partial charge on any atom is 0.218 e. The van der Waals surface area contributed by atoms with E-state index in [-0.39, 0.29) is 24.3 Å². The lowest BCUT2D eigenvalue weighted by Crippen LogP contribution is -2.26. The Hall–Kier alpha value is -0.970. The van der Waals surface area contributed by atoms with E-state index in [2.05, 4.69) is 16.9 Å². The van der Waals surface area contributed by atoms with Crippen LogP contribution in [0.1, 0.15) is 19.8 Å². The molecule has 0 atom stereocenters. The molecule has 0 aromatic carbocycles. The van der Waals surface area contributed by atoms with Gasteiger partial charge < -0.3 is 17.2 Å². The Labute approximate surface area is 78.5 Å². The zero-order chi connectivity index (χ0) is 8.69. The number of unbranched alkanes of at least 4 members (excludes halogenated alkanes) is 1. The van der Waals surface area contributed by atoms with Crippen molar-refractivity contribution in [3.05, 3.63) is 0 Å². The van der Waals surface area contributed by atoms with E-state index in [1.165, 1.54) is 0 Å². The van der Waals surface area contributed by atoms with Crippen LogP contribution in [0.25, 0.3) is 0 Å². The van der Waals surface area contributed by atoms with E-state index >= 15 is 0 Å². The molecule has 0 saturated carbocycles. The van der Waals surface area contributed by atoms with E-state index in [9.17, 15) is 0 Å². The largest absolute Gasteiger partial charge is 0.370 e. The van der Waals surface area contributed by atoms with Gasteiger partial charge in [-0.2, -0.15) is 4.99 Å². The van der Waals surface area contributed by atoms with Gasteiger partial charge in [0.15, 0.2) is 5.96 Å². The predicted molar refractivity (Wildman–Crippen MR) is 54.5 cm³/mol. The van der Waals surface area contributed by atoms with Crippen LogP contribution in [0, 0.1) is 0 Å². The first-order valence-corrected chi connectivity index (χ1v) is 3.56. The second-order valence-corrected chi connectivity index (χ2v) is 2.13. The Kier molecular flexibility index (Phi) is 9.22. The number of hydrogen-bond donors (Lipinski definition) is 3. The summed E-state index contributed by atoms with van der Waals surface area (Å²) in [5.74, 6) is 0.0983. The third kappa shape index (κ3) is 9.03. The highest BCUT2D eigenvalue weighted by molar-refractivity contribution is 5.92. The summed E-state index contributed by atoms with van der Waals surface area (Å²) < 4.78 is 0. The molecule has 0 aliphatic rings. The fraction of sp³-hybridized carbons (Fsp3) is 0.667. The van der Waals surface area contributed by atoms with Gasteiger partial charge >= 0.3 is 0 Å². The van der Waals surface area contributed by atoms with Crippen LogP contribution in [0.5, 0.6) is 0 Å². The third-order valence-corrected chi connectivity index (χ3v) is 1.03. The summed E-state index contributed by atoms with van der Waals surface area (Å²) >= 11 is 0. The molecule has 0 rings (SSSR count). The Morgan fingerprint density at radius 3 is 2.25 bits per heavy atom. The van der Waals surface area contributed by atoms with E-state index in [1.54, 1.807) is 0 Å². The Morgan fingerprint density at radius 1 is 1.25 bits per heavy atom. The molecule has 6 heteroatoms. The lowest BCUT2D eigenvalue weighted by atomic mass is 10.3. The Morgan fingerprint density at radius 2 is 1.83 bits per heavy atom. The lowest BCUT2D eigenvalue weighted by molar-refractivity contribution is 0.806. The van der Waals surface area contributed by atoms with Gasteiger partial charge in [0.25, 0.3) is 0 Å². The van der Waals surface area contributed by atoms with E-state index in [0.717, 1.165) is 12.8 Å². The van der Waals surface area contributed by atoms with E-state index in [0.29, 0.717) is 6.54 Å². The molecule has 5 nitrogen and oxygen atoms in total. The molecule has 0 aromatic rings. The van der Waals surface area contributed by atoms with Gasteiger partial charge in [0.05, 0.1) is 0 Å². The van der Waals surface area contributed by atoms with Crippen molar-refractivity contribution in [1.29, 1.82) is 0 Å². The van der Waals surface area contributed by atoms with Crippen LogP contribution in [-0.4, -0.2) is 18.5 Å². The molecule has 0 bridgehead atoms. The fourth-order valence-corrected chi connectivity index (χ4v) is 0.519. The van der Waals surface area contributed by atoms with Crippen LogP contribution in [-0.2, 0) is 0 Å². The maximum absolute atomic E-state index is 5.32. The smallest absolute Gasteiger partial charge is 0.218 e. The molecular formula is C6H16ClN5. The van der Waals surface area contributed by atoms with Crippen molar-refractivity contribution >= 4 is 24.3 Å². The summed E-state index contributed by atoms with van der Waals surface area (Å²) in [6.45, 7) is 2.76. The first-order valence-electron chi connectivity index (χ1n) is 3.56. The summed E-state index contributed by atoms with van der Waals surface area (Å²) in [6, 6.07) is 0. The van der Waals surface area contributed by atoms with Crippen LogP contribution >= 0.6 is 12.4 Å². The van der Waals surface area contributed by atoms with Crippen molar-refractivity contribution < 1.29 is 0 Å². The molecule has 72 valence electrons. The number of rotatable bonds is 3. The van der Waals surface area contributed by atoms with Crippen LogP contribution in [0.3, 0.4) is 0 Å². The molecule has 0 unspecified atom stereocenters. The molecule has 0 fully saturated rings. The quantitative estimate of drug-likeness (QED) is 0.329. The van der Waals surface area contributed by atoms with E-state index < -0.39 is 0 Å². The topological polar surface area (TPSA) is 103 Å². The van der Waals surface area contributed by atoms with Gasteiger partial charge in [-0.05, 0) is 6.42 Å². The highest BCUT2D eigenvalue weighted by atomic mass is 35.5. The summed E-state index contributed by atoms with van der Waals surface area (Å²) in [5, 5.41) is 0. The number of nitrogens with two attached hydrogens (primary N) is 3. The van der Waals surface area contributed by atoms with Crippen molar-refractivity contribution in [2.45, 2.75) is 19.8 Å². The number of aliphatic imine (C=N–C) groups is 2. The van der Waals surface area contributed by atoms with Crippen molar-refractivity contribution in [3.8, 4) is 0 Å². The third-order valence-electron chi connectivity index (χ3n) is 1.03. The van der Waals surface area contributed by atoms with E-state index in [1.807, 2.05) is 0 Å². The van der Waals surface area contributed by atoms with Crippen molar-refractivity contribution in [1.82, 2.24) is 0 Å². The molecule has 0 radical (unpaired) electrons. The molecule has 12 heavy (non-hydrogen) atoms. The molecule has 0 amide bonds. The second kappa shape index (κ2) is 8.13. The molecule has 0 spiro atoms. The Bertz CT molecular complexity index is 161. The van der Waals surface area contributed by atoms with Crippen LogP contribution in [0.2, 0.25) is 0 Å². The summed E-state index contributed by atoms with van der Waals surface area (Å²) in [6.07, 6.45) is 2.08. The molecular weight excluding hydrogens is 178 g/mol. The van der Waals surface area contributed by atoms with Gasteiger partial charge in [-0.15, -0.1) is 12.4 Å². The summed E-state index contributed by atoms with van der Waals surface area (Å²) in [7, 11) is 0. The van der Waals surface area contributed by atoms with Gasteiger partial charge in [0.1, 0.15) is 0 Å². The average molecular weight is 194 g/mol. The number of nitrogens with zero attached hydrogens (tertiary/aromatic N) is 2. The van der Waals surface area contributed by atoms with Crippen molar-refractivity contribution in [3.63, 3.8) is 0 Å². The zero-order valence-electron chi connectivity index (χ0n) is 7.16. The average Bonchev–Trinajstić information content (AvgIpc) is 1.86. The van der Waals surface area contributed by atoms with Gasteiger partial charge in [0.2, 0.25) is 5.96 Å². The van der Waals surface area contributed by atoms with Gasteiger partial charge in [0, 0.05) is 6.54 Å². The molecule has 0 aromatic heterocycles. The first kappa shape index (κ1) is 13.6. The first-order chi connectivity index (χ1) is 5.16. The highest BCUT2D eigenvalue weighted by Gasteiger charge is 1.86. The molecule has 0 saturated heterocycles. The van der Waals surface area contributed by atoms with Crippen molar-refractivity contribution in [2.24, 2.45) is 27.2 Å². The standard InChI is InChI=1S/C6H15N5.ClH/c1-2-3-4-10-6(9)11-5(7)8;/h2-4H2,1H3,(H6,7,8,9,10,11);1H. The van der Waals surface area contributed by atoms with Crippen LogP contribution in [0.4, 0.5) is 0 Å². The SMILES string of the molecule is CCCCN=C(N)N=C(N)N.Cl. The van der Waals surface area contributed by atoms with Gasteiger partial charge in [-0.3, -0.25) is 4.99 Å². The number of hydrogen-bond acceptors (Lipinski definition) is 1. The molecule has 0 aliphatic heterocycles. The van der Waals surface area contributed by atoms with Gasteiger partial charge in [-0.25, -0.2) is 0 Å². The minimum Gasteiger partial charge on any atom is -0.370 e. The monoisotopic (exact) mass is 193 g/mol. The molecule has 0 heterocycles. The maximum atomic E-state index is 5.32. The zero-order valence-corrected chi connectivity index (χ0v) is 7.97. The predicted octanol–water partition coefficient (Wildman–Crippen LogP) is -0.204. The van der Waals surface area contributed by atoms with Crippen LogP contribution < -0.4 is 17.2 Å². The van der Waals surface area contributed by atoms with E-state index in [4.69, 9.17) is 17.2 Å². The molecule has 0 aliphatic carbocycles. The summed E-state index contributed by atoms with van der Waals surface area (Å²) in [4.78, 5) is 7.45. The molecule has 6 N–H and O–H groups in total. The van der Waals surface area contributed by atoms with Crippen molar-refractivity contribution in [2.75, 3.05) is 6.54 Å². The Balaban J connectivity index is 0. The minimum atomic E-state index is -0.0530. The number of halogens is 1. The minimum absolute atomic E-state index is 0.